The van der Waals surface area contributed by atoms with Gasteiger partial charge in [0.15, 0.2) is 5.69 Å². The fourth-order valence-electron chi connectivity index (χ4n) is 1.82. The van der Waals surface area contributed by atoms with Crippen LogP contribution in [0.25, 0.3) is 5.69 Å². The Morgan fingerprint density at radius 3 is 2.40 bits per heavy atom. The molecule has 0 bridgehead atoms. The van der Waals surface area contributed by atoms with Gasteiger partial charge in [0.05, 0.1) is 11.9 Å². The molecule has 0 N–H and O–H groups in total. The molecular formula is C15H10BrN3O. The number of rotatable bonds is 3. The predicted octanol–water partition coefficient (Wildman–Crippen LogP) is 3.26. The van der Waals surface area contributed by atoms with E-state index in [2.05, 4.69) is 26.2 Å². The van der Waals surface area contributed by atoms with E-state index >= 15 is 0 Å². The minimum atomic E-state index is -0.139. The molecule has 0 spiro atoms. The van der Waals surface area contributed by atoms with E-state index in [0.29, 0.717) is 11.3 Å². The highest BCUT2D eigenvalue weighted by atomic mass is 79.9. The van der Waals surface area contributed by atoms with E-state index < -0.39 is 0 Å². The van der Waals surface area contributed by atoms with E-state index in [4.69, 9.17) is 0 Å². The molecule has 1 aromatic heterocycles. The molecule has 20 heavy (non-hydrogen) atoms. The lowest BCUT2D eigenvalue weighted by atomic mass is 10.1. The Morgan fingerprint density at radius 1 is 1.00 bits per heavy atom. The second kappa shape index (κ2) is 5.38. The van der Waals surface area contributed by atoms with Crippen molar-refractivity contribution >= 4 is 21.7 Å². The van der Waals surface area contributed by atoms with Crippen molar-refractivity contribution in [2.75, 3.05) is 0 Å². The highest BCUT2D eigenvalue weighted by Crippen LogP contribution is 2.14. The van der Waals surface area contributed by atoms with Crippen LogP contribution in [-0.2, 0) is 0 Å². The Bertz CT molecular complexity index is 735. The van der Waals surface area contributed by atoms with Crippen molar-refractivity contribution in [3.63, 3.8) is 0 Å². The largest absolute Gasteiger partial charge is 0.287 e. The minimum absolute atomic E-state index is 0.139. The van der Waals surface area contributed by atoms with Gasteiger partial charge >= 0.3 is 0 Å². The number of halogens is 1. The van der Waals surface area contributed by atoms with Crippen LogP contribution in [0.5, 0.6) is 0 Å². The van der Waals surface area contributed by atoms with Crippen LogP contribution >= 0.6 is 15.9 Å². The highest BCUT2D eigenvalue weighted by Gasteiger charge is 2.13. The van der Waals surface area contributed by atoms with Gasteiger partial charge in [-0.2, -0.15) is 0 Å². The first kappa shape index (κ1) is 12.7. The Hall–Kier alpha value is -2.27. The Kier molecular flexibility index (Phi) is 3.43. The molecule has 0 aliphatic carbocycles. The van der Waals surface area contributed by atoms with Gasteiger partial charge in [-0.1, -0.05) is 39.3 Å². The zero-order chi connectivity index (χ0) is 13.9. The summed E-state index contributed by atoms with van der Waals surface area (Å²) in [6.07, 6.45) is 1.64. The molecule has 1 heterocycles. The molecular weight excluding hydrogens is 318 g/mol. The lowest BCUT2D eigenvalue weighted by Gasteiger charge is -1.98. The van der Waals surface area contributed by atoms with E-state index in [9.17, 15) is 4.79 Å². The van der Waals surface area contributed by atoms with Crippen LogP contribution in [0.1, 0.15) is 16.1 Å². The maximum absolute atomic E-state index is 12.3. The van der Waals surface area contributed by atoms with Crippen LogP contribution in [0.3, 0.4) is 0 Å². The number of para-hydroxylation sites is 1. The minimum Gasteiger partial charge on any atom is -0.287 e. The van der Waals surface area contributed by atoms with E-state index in [1.807, 2.05) is 42.5 Å². The van der Waals surface area contributed by atoms with Crippen molar-refractivity contribution in [2.24, 2.45) is 0 Å². The summed E-state index contributed by atoms with van der Waals surface area (Å²) in [5.74, 6) is -0.139. The van der Waals surface area contributed by atoms with E-state index in [1.165, 1.54) is 0 Å². The lowest BCUT2D eigenvalue weighted by molar-refractivity contribution is 0.103. The number of carbonyl (C=O) groups is 1. The third-order valence-electron chi connectivity index (χ3n) is 2.85. The summed E-state index contributed by atoms with van der Waals surface area (Å²) < 4.78 is 2.52. The Labute approximate surface area is 124 Å². The molecule has 0 saturated carbocycles. The summed E-state index contributed by atoms with van der Waals surface area (Å²) in [5, 5.41) is 7.93. The molecule has 2 aromatic carbocycles. The molecule has 0 radical (unpaired) electrons. The number of hydrogen-bond acceptors (Lipinski definition) is 3. The van der Waals surface area contributed by atoms with Gasteiger partial charge in [-0.3, -0.25) is 4.79 Å². The number of benzene rings is 2. The molecule has 3 aromatic rings. The van der Waals surface area contributed by atoms with Crippen LogP contribution < -0.4 is 0 Å². The van der Waals surface area contributed by atoms with E-state index in [-0.39, 0.29) is 5.78 Å². The fraction of sp³-hybridized carbons (Fsp3) is 0. The van der Waals surface area contributed by atoms with Crippen molar-refractivity contribution in [1.82, 2.24) is 15.0 Å². The van der Waals surface area contributed by atoms with Gasteiger partial charge in [0, 0.05) is 10.0 Å². The number of aromatic nitrogens is 3. The predicted molar refractivity (Wildman–Crippen MR) is 78.9 cm³/mol. The SMILES string of the molecule is O=C(c1ccc(Br)cc1)c1cn(-c2ccccc2)nn1. The Balaban J connectivity index is 1.90. The lowest BCUT2D eigenvalue weighted by Crippen LogP contribution is -2.01. The summed E-state index contributed by atoms with van der Waals surface area (Å²) in [6.45, 7) is 0. The van der Waals surface area contributed by atoms with Crippen LogP contribution in [0.2, 0.25) is 0 Å². The van der Waals surface area contributed by atoms with Gasteiger partial charge in [-0.25, -0.2) is 4.68 Å². The van der Waals surface area contributed by atoms with Crippen molar-refractivity contribution in [1.29, 1.82) is 0 Å². The van der Waals surface area contributed by atoms with Crippen LogP contribution in [0.4, 0.5) is 0 Å². The fourth-order valence-corrected chi connectivity index (χ4v) is 2.09. The van der Waals surface area contributed by atoms with Crippen LogP contribution in [0, 0.1) is 0 Å². The van der Waals surface area contributed by atoms with Gasteiger partial charge in [0.2, 0.25) is 5.78 Å². The molecule has 0 atom stereocenters. The van der Waals surface area contributed by atoms with Crippen molar-refractivity contribution < 1.29 is 4.79 Å². The van der Waals surface area contributed by atoms with Gasteiger partial charge in [0.25, 0.3) is 0 Å². The first-order valence-corrected chi connectivity index (χ1v) is 6.81. The summed E-state index contributed by atoms with van der Waals surface area (Å²) in [7, 11) is 0. The zero-order valence-corrected chi connectivity index (χ0v) is 12.0. The third kappa shape index (κ3) is 2.53. The van der Waals surface area contributed by atoms with Crippen LogP contribution in [-0.4, -0.2) is 20.8 Å². The van der Waals surface area contributed by atoms with Gasteiger partial charge in [-0.05, 0) is 36.4 Å². The average molecular weight is 328 g/mol. The number of hydrogen-bond donors (Lipinski definition) is 0. The molecule has 0 aliphatic rings. The number of carbonyl (C=O) groups excluding carboxylic acids is 1. The topological polar surface area (TPSA) is 47.8 Å². The summed E-state index contributed by atoms with van der Waals surface area (Å²) in [4.78, 5) is 12.3. The van der Waals surface area contributed by atoms with Crippen molar-refractivity contribution in [2.45, 2.75) is 0 Å². The van der Waals surface area contributed by atoms with Crippen molar-refractivity contribution in [3.05, 3.63) is 76.5 Å². The Morgan fingerprint density at radius 2 is 1.70 bits per heavy atom. The average Bonchev–Trinajstić information content (AvgIpc) is 2.98. The second-order valence-electron chi connectivity index (χ2n) is 4.22. The zero-order valence-electron chi connectivity index (χ0n) is 10.4. The molecule has 5 heteroatoms. The van der Waals surface area contributed by atoms with Crippen LogP contribution in [0.15, 0.2) is 65.3 Å². The van der Waals surface area contributed by atoms with E-state index in [0.717, 1.165) is 10.2 Å². The molecule has 98 valence electrons. The summed E-state index contributed by atoms with van der Waals surface area (Å²) >= 11 is 3.34. The van der Waals surface area contributed by atoms with Gasteiger partial charge < -0.3 is 0 Å². The third-order valence-corrected chi connectivity index (χ3v) is 3.38. The maximum atomic E-state index is 12.3. The summed E-state index contributed by atoms with van der Waals surface area (Å²) in [6, 6.07) is 16.7. The molecule has 0 amide bonds. The quantitative estimate of drug-likeness (QED) is 0.694. The smallest absolute Gasteiger partial charge is 0.214 e. The van der Waals surface area contributed by atoms with E-state index in [1.54, 1.807) is 23.0 Å². The molecule has 3 rings (SSSR count). The maximum Gasteiger partial charge on any atom is 0.214 e. The molecule has 0 aliphatic heterocycles. The van der Waals surface area contributed by atoms with Gasteiger partial charge in [0.1, 0.15) is 0 Å². The monoisotopic (exact) mass is 327 g/mol. The first-order chi connectivity index (χ1) is 9.74. The molecule has 4 nitrogen and oxygen atoms in total. The standard InChI is InChI=1S/C15H10BrN3O/c16-12-8-6-11(7-9-12)15(20)14-10-19(18-17-14)13-4-2-1-3-5-13/h1-10H. The number of ketones is 1. The molecule has 0 unspecified atom stereocenters. The molecule has 0 fully saturated rings. The highest BCUT2D eigenvalue weighted by molar-refractivity contribution is 9.10. The molecule has 0 saturated heterocycles. The van der Waals surface area contributed by atoms with Gasteiger partial charge in [-0.15, -0.1) is 5.10 Å². The number of nitrogens with zero attached hydrogens (tertiary/aromatic N) is 3. The normalized spacial score (nSPS) is 10.4. The first-order valence-electron chi connectivity index (χ1n) is 6.02. The van der Waals surface area contributed by atoms with Crippen molar-refractivity contribution in [3.8, 4) is 5.69 Å². The summed E-state index contributed by atoms with van der Waals surface area (Å²) in [5.41, 5.74) is 1.79. The second-order valence-corrected chi connectivity index (χ2v) is 5.14.